The van der Waals surface area contributed by atoms with Gasteiger partial charge >= 0.3 is 0 Å². The number of phenolic OH excluding ortho intramolecular Hbond substituents is 1. The highest BCUT2D eigenvalue weighted by Gasteiger charge is 2.22. The standard InChI is InChI=1S/C18H27N3O2/c22-17-9-5-4-8-16(17)21-12-10-20(11-13-21)14-18(23)19-15-6-2-1-3-7-15/h4-5,8-9,15,22H,1-3,6-7,10-14H2,(H,19,23). The van der Waals surface area contributed by atoms with Gasteiger partial charge in [-0.25, -0.2) is 0 Å². The van der Waals surface area contributed by atoms with Crippen molar-refractivity contribution in [1.29, 1.82) is 0 Å². The number of carbonyl (C=O) groups excluding carboxylic acids is 1. The number of amides is 1. The summed E-state index contributed by atoms with van der Waals surface area (Å²) < 4.78 is 0. The summed E-state index contributed by atoms with van der Waals surface area (Å²) in [5.41, 5.74) is 0.888. The number of rotatable bonds is 4. The number of anilines is 1. The zero-order valence-electron chi connectivity index (χ0n) is 13.7. The molecule has 2 fully saturated rings. The largest absolute Gasteiger partial charge is 0.506 e. The second-order valence-corrected chi connectivity index (χ2v) is 6.65. The molecular formula is C18H27N3O2. The number of hydrogen-bond donors (Lipinski definition) is 2. The van der Waals surface area contributed by atoms with Gasteiger partial charge in [-0.1, -0.05) is 31.4 Å². The Morgan fingerprint density at radius 2 is 1.78 bits per heavy atom. The molecule has 0 bridgehead atoms. The number of benzene rings is 1. The summed E-state index contributed by atoms with van der Waals surface area (Å²) in [5, 5.41) is 13.1. The zero-order chi connectivity index (χ0) is 16.1. The fourth-order valence-electron chi connectivity index (χ4n) is 3.60. The van der Waals surface area contributed by atoms with Gasteiger partial charge in [0.2, 0.25) is 5.91 Å². The molecule has 2 aliphatic rings. The summed E-state index contributed by atoms with van der Waals surface area (Å²) in [5.74, 6) is 0.490. The number of phenols is 1. The molecule has 0 aromatic heterocycles. The summed E-state index contributed by atoms with van der Waals surface area (Å²) in [6.45, 7) is 3.88. The van der Waals surface area contributed by atoms with Crippen LogP contribution in [0, 0.1) is 0 Å². The first kappa shape index (κ1) is 16.1. The van der Waals surface area contributed by atoms with Crippen molar-refractivity contribution in [1.82, 2.24) is 10.2 Å². The Labute approximate surface area is 138 Å². The van der Waals surface area contributed by atoms with Gasteiger partial charge in [-0.15, -0.1) is 0 Å². The predicted octanol–water partition coefficient (Wildman–Crippen LogP) is 1.96. The SMILES string of the molecule is O=C(CN1CCN(c2ccccc2O)CC1)NC1CCCCC1. The van der Waals surface area contributed by atoms with Crippen LogP contribution in [0.2, 0.25) is 0 Å². The van der Waals surface area contributed by atoms with Crippen LogP contribution in [-0.4, -0.2) is 54.7 Å². The van der Waals surface area contributed by atoms with E-state index >= 15 is 0 Å². The van der Waals surface area contributed by atoms with Crippen molar-refractivity contribution in [3.8, 4) is 5.75 Å². The van der Waals surface area contributed by atoms with Crippen molar-refractivity contribution >= 4 is 11.6 Å². The molecule has 1 saturated carbocycles. The van der Waals surface area contributed by atoms with Crippen LogP contribution in [0.15, 0.2) is 24.3 Å². The van der Waals surface area contributed by atoms with Gasteiger partial charge in [0.15, 0.2) is 0 Å². The maximum Gasteiger partial charge on any atom is 0.234 e. The number of nitrogens with one attached hydrogen (secondary N) is 1. The van der Waals surface area contributed by atoms with Crippen molar-refractivity contribution in [2.45, 2.75) is 38.1 Å². The molecule has 1 saturated heterocycles. The molecule has 1 heterocycles. The second kappa shape index (κ2) is 7.68. The molecule has 3 rings (SSSR count). The fourth-order valence-corrected chi connectivity index (χ4v) is 3.60. The van der Waals surface area contributed by atoms with Crippen molar-refractivity contribution in [3.63, 3.8) is 0 Å². The summed E-state index contributed by atoms with van der Waals surface area (Å²) in [4.78, 5) is 16.6. The molecule has 1 aliphatic carbocycles. The highest BCUT2D eigenvalue weighted by molar-refractivity contribution is 5.78. The normalized spacial score (nSPS) is 20.4. The van der Waals surface area contributed by atoms with Crippen molar-refractivity contribution in [2.75, 3.05) is 37.6 Å². The zero-order valence-corrected chi connectivity index (χ0v) is 13.7. The minimum absolute atomic E-state index is 0.160. The topological polar surface area (TPSA) is 55.8 Å². The molecule has 23 heavy (non-hydrogen) atoms. The first-order valence-corrected chi connectivity index (χ1v) is 8.77. The monoisotopic (exact) mass is 317 g/mol. The molecule has 0 atom stereocenters. The van der Waals surface area contributed by atoms with Gasteiger partial charge in [0.1, 0.15) is 5.75 Å². The van der Waals surface area contributed by atoms with Crippen LogP contribution in [0.5, 0.6) is 5.75 Å². The van der Waals surface area contributed by atoms with E-state index in [1.54, 1.807) is 6.07 Å². The van der Waals surface area contributed by atoms with E-state index in [1.807, 2.05) is 18.2 Å². The minimum atomic E-state index is 0.160. The molecule has 1 amide bonds. The summed E-state index contributed by atoms with van der Waals surface area (Å²) in [7, 11) is 0. The van der Waals surface area contributed by atoms with E-state index in [-0.39, 0.29) is 5.91 Å². The molecule has 1 aromatic carbocycles. The molecule has 0 unspecified atom stereocenters. The molecule has 5 nitrogen and oxygen atoms in total. The van der Waals surface area contributed by atoms with Crippen LogP contribution in [0.4, 0.5) is 5.69 Å². The number of hydrogen-bond acceptors (Lipinski definition) is 4. The summed E-state index contributed by atoms with van der Waals surface area (Å²) in [6.07, 6.45) is 6.05. The molecule has 2 N–H and O–H groups in total. The third-order valence-corrected chi connectivity index (χ3v) is 4.93. The minimum Gasteiger partial charge on any atom is -0.506 e. The van der Waals surface area contributed by atoms with Gasteiger partial charge in [0, 0.05) is 32.2 Å². The van der Waals surface area contributed by atoms with Crippen molar-refractivity contribution < 1.29 is 9.90 Å². The Morgan fingerprint density at radius 1 is 1.09 bits per heavy atom. The maximum absolute atomic E-state index is 12.2. The van der Waals surface area contributed by atoms with E-state index in [4.69, 9.17) is 0 Å². The number of carbonyl (C=O) groups is 1. The van der Waals surface area contributed by atoms with Gasteiger partial charge in [-0.05, 0) is 25.0 Å². The lowest BCUT2D eigenvalue weighted by molar-refractivity contribution is -0.123. The number of aromatic hydroxyl groups is 1. The molecule has 126 valence electrons. The fraction of sp³-hybridized carbons (Fsp3) is 0.611. The van der Waals surface area contributed by atoms with Crippen LogP contribution in [-0.2, 0) is 4.79 Å². The predicted molar refractivity (Wildman–Crippen MR) is 91.8 cm³/mol. The Balaban J connectivity index is 1.44. The van der Waals surface area contributed by atoms with E-state index in [0.717, 1.165) is 44.7 Å². The van der Waals surface area contributed by atoms with Gasteiger partial charge in [0.05, 0.1) is 12.2 Å². The Morgan fingerprint density at radius 3 is 2.48 bits per heavy atom. The van der Waals surface area contributed by atoms with Crippen LogP contribution in [0.25, 0.3) is 0 Å². The highest BCUT2D eigenvalue weighted by Crippen LogP contribution is 2.27. The lowest BCUT2D eigenvalue weighted by atomic mass is 9.95. The summed E-state index contributed by atoms with van der Waals surface area (Å²) in [6, 6.07) is 7.84. The Bertz CT molecular complexity index is 521. The molecule has 5 heteroatoms. The van der Waals surface area contributed by atoms with E-state index in [1.165, 1.54) is 19.3 Å². The van der Waals surface area contributed by atoms with E-state index in [0.29, 0.717) is 18.3 Å². The van der Waals surface area contributed by atoms with Crippen LogP contribution in [0.3, 0.4) is 0 Å². The lowest BCUT2D eigenvalue weighted by Gasteiger charge is -2.36. The van der Waals surface area contributed by atoms with Gasteiger partial charge in [-0.2, -0.15) is 0 Å². The average molecular weight is 317 g/mol. The molecule has 0 radical (unpaired) electrons. The van der Waals surface area contributed by atoms with E-state index < -0.39 is 0 Å². The van der Waals surface area contributed by atoms with Crippen molar-refractivity contribution in [2.24, 2.45) is 0 Å². The molecule has 0 spiro atoms. The Hall–Kier alpha value is -1.75. The van der Waals surface area contributed by atoms with Crippen LogP contribution < -0.4 is 10.2 Å². The maximum atomic E-state index is 12.2. The van der Waals surface area contributed by atoms with Crippen molar-refractivity contribution in [3.05, 3.63) is 24.3 Å². The van der Waals surface area contributed by atoms with E-state index in [2.05, 4.69) is 15.1 Å². The third kappa shape index (κ3) is 4.38. The van der Waals surface area contributed by atoms with Crippen LogP contribution >= 0.6 is 0 Å². The van der Waals surface area contributed by atoms with Gasteiger partial charge in [0.25, 0.3) is 0 Å². The lowest BCUT2D eigenvalue weighted by Crippen LogP contribution is -2.50. The third-order valence-electron chi connectivity index (χ3n) is 4.93. The highest BCUT2D eigenvalue weighted by atomic mass is 16.3. The van der Waals surface area contributed by atoms with Gasteiger partial charge < -0.3 is 15.3 Å². The van der Waals surface area contributed by atoms with E-state index in [9.17, 15) is 9.90 Å². The van der Waals surface area contributed by atoms with Gasteiger partial charge in [-0.3, -0.25) is 9.69 Å². The average Bonchev–Trinajstić information content (AvgIpc) is 2.57. The first-order valence-electron chi connectivity index (χ1n) is 8.77. The molecular weight excluding hydrogens is 290 g/mol. The second-order valence-electron chi connectivity index (χ2n) is 6.65. The smallest absolute Gasteiger partial charge is 0.234 e. The van der Waals surface area contributed by atoms with Crippen LogP contribution in [0.1, 0.15) is 32.1 Å². The quantitative estimate of drug-likeness (QED) is 0.891. The number of para-hydroxylation sites is 2. The summed E-state index contributed by atoms with van der Waals surface area (Å²) >= 11 is 0. The number of nitrogens with zero attached hydrogens (tertiary/aromatic N) is 2. The Kier molecular flexibility index (Phi) is 5.39. The first-order chi connectivity index (χ1) is 11.2. The molecule has 1 aliphatic heterocycles. The number of piperazine rings is 1. The molecule has 1 aromatic rings.